The zero-order chi connectivity index (χ0) is 13.6. The van der Waals surface area contributed by atoms with E-state index in [2.05, 4.69) is 74.9 Å². The summed E-state index contributed by atoms with van der Waals surface area (Å²) < 4.78 is 0.994. The van der Waals surface area contributed by atoms with Gasteiger partial charge in [0, 0.05) is 24.5 Å². The maximum atomic E-state index is 3.44. The lowest BCUT2D eigenvalue weighted by molar-refractivity contribution is 0.185. The van der Waals surface area contributed by atoms with E-state index in [1.807, 2.05) is 0 Å². The third-order valence-electron chi connectivity index (χ3n) is 4.17. The first-order valence-corrected chi connectivity index (χ1v) is 8.44. The maximum Gasteiger partial charge on any atom is 0.0610 e. The smallest absolute Gasteiger partial charge is 0.0610 e. The molecule has 0 radical (unpaired) electrons. The molecule has 1 aliphatic heterocycles. The Balaban J connectivity index is 1.97. The molecular weight excluding hydrogens is 366 g/mol. The number of nitrogens with zero attached hydrogens (tertiary/aromatic N) is 1. The Kier molecular flexibility index (Phi) is 3.65. The molecule has 0 spiro atoms. The SMILES string of the molecule is CC1(C)CN(C2CC2)Cc2ccc(C=C(Br)Br)cc21. The monoisotopic (exact) mass is 383 g/mol. The minimum Gasteiger partial charge on any atom is -0.295 e. The highest BCUT2D eigenvalue weighted by Crippen LogP contribution is 2.39. The molecule has 1 heterocycles. The Morgan fingerprint density at radius 2 is 2.05 bits per heavy atom. The molecule has 1 aliphatic carbocycles. The lowest BCUT2D eigenvalue weighted by Crippen LogP contribution is -2.43. The summed E-state index contributed by atoms with van der Waals surface area (Å²) in [6, 6.07) is 7.72. The molecule has 0 atom stereocenters. The van der Waals surface area contributed by atoms with Crippen LogP contribution in [0.2, 0.25) is 0 Å². The molecule has 1 aromatic rings. The Hall–Kier alpha value is -0.120. The van der Waals surface area contributed by atoms with Crippen molar-refractivity contribution in [3.05, 3.63) is 38.3 Å². The van der Waals surface area contributed by atoms with Crippen molar-refractivity contribution in [1.29, 1.82) is 0 Å². The number of hydrogen-bond donors (Lipinski definition) is 0. The molecule has 0 saturated heterocycles. The average Bonchev–Trinajstić information content (AvgIpc) is 3.12. The molecule has 3 rings (SSSR count). The minimum atomic E-state index is 0.249. The van der Waals surface area contributed by atoms with Crippen LogP contribution in [0.5, 0.6) is 0 Å². The summed E-state index contributed by atoms with van der Waals surface area (Å²) in [5.41, 5.74) is 4.53. The maximum absolute atomic E-state index is 3.44. The summed E-state index contributed by atoms with van der Waals surface area (Å²) in [6.07, 6.45) is 4.90. The van der Waals surface area contributed by atoms with Crippen LogP contribution >= 0.6 is 31.9 Å². The first-order valence-electron chi connectivity index (χ1n) is 6.86. The largest absolute Gasteiger partial charge is 0.295 e. The van der Waals surface area contributed by atoms with Crippen molar-refractivity contribution >= 4 is 37.9 Å². The molecule has 0 amide bonds. The van der Waals surface area contributed by atoms with E-state index >= 15 is 0 Å². The van der Waals surface area contributed by atoms with Gasteiger partial charge in [0.25, 0.3) is 0 Å². The summed E-state index contributed by atoms with van der Waals surface area (Å²) in [5.74, 6) is 0. The zero-order valence-electron chi connectivity index (χ0n) is 11.4. The van der Waals surface area contributed by atoms with Crippen LogP contribution < -0.4 is 0 Å². The molecule has 1 saturated carbocycles. The molecule has 0 bridgehead atoms. The molecule has 1 fully saturated rings. The van der Waals surface area contributed by atoms with E-state index in [1.54, 1.807) is 0 Å². The van der Waals surface area contributed by atoms with Crippen LogP contribution in [0.15, 0.2) is 21.6 Å². The van der Waals surface area contributed by atoms with Crippen LogP contribution in [-0.2, 0) is 12.0 Å². The topological polar surface area (TPSA) is 3.24 Å². The molecular formula is C16H19Br2N. The highest BCUT2D eigenvalue weighted by Gasteiger charge is 2.38. The molecule has 0 N–H and O–H groups in total. The lowest BCUT2D eigenvalue weighted by atomic mass is 9.77. The van der Waals surface area contributed by atoms with Gasteiger partial charge in [0.05, 0.1) is 3.39 Å². The molecule has 19 heavy (non-hydrogen) atoms. The van der Waals surface area contributed by atoms with Crippen molar-refractivity contribution in [2.75, 3.05) is 6.54 Å². The fourth-order valence-electron chi connectivity index (χ4n) is 3.14. The second-order valence-electron chi connectivity index (χ2n) is 6.37. The normalized spacial score (nSPS) is 21.9. The van der Waals surface area contributed by atoms with Gasteiger partial charge in [0.15, 0.2) is 0 Å². The predicted molar refractivity (Wildman–Crippen MR) is 88.7 cm³/mol. The first kappa shape index (κ1) is 13.8. The van der Waals surface area contributed by atoms with E-state index in [1.165, 1.54) is 36.1 Å². The van der Waals surface area contributed by atoms with Gasteiger partial charge in [0.1, 0.15) is 0 Å². The Labute approximate surface area is 132 Å². The molecule has 1 nitrogen and oxygen atoms in total. The van der Waals surface area contributed by atoms with Gasteiger partial charge in [-0.25, -0.2) is 0 Å². The van der Waals surface area contributed by atoms with Crippen LogP contribution in [0.4, 0.5) is 0 Å². The number of fused-ring (bicyclic) bond motifs is 1. The number of hydrogen-bond acceptors (Lipinski definition) is 1. The van der Waals surface area contributed by atoms with Crippen LogP contribution in [0.1, 0.15) is 43.4 Å². The molecule has 102 valence electrons. The van der Waals surface area contributed by atoms with Crippen LogP contribution in [-0.4, -0.2) is 17.5 Å². The van der Waals surface area contributed by atoms with E-state index in [0.717, 1.165) is 16.0 Å². The van der Waals surface area contributed by atoms with Crippen molar-refractivity contribution in [2.24, 2.45) is 0 Å². The minimum absolute atomic E-state index is 0.249. The zero-order valence-corrected chi connectivity index (χ0v) is 14.6. The molecule has 2 aliphatic rings. The van der Waals surface area contributed by atoms with Gasteiger partial charge in [-0.05, 0) is 67.5 Å². The molecule has 3 heteroatoms. The number of rotatable bonds is 2. The molecule has 0 aromatic heterocycles. The van der Waals surface area contributed by atoms with E-state index in [4.69, 9.17) is 0 Å². The van der Waals surface area contributed by atoms with E-state index in [0.29, 0.717) is 0 Å². The molecule has 0 unspecified atom stereocenters. The Morgan fingerprint density at radius 3 is 2.68 bits per heavy atom. The Bertz CT molecular complexity index is 526. The number of benzene rings is 1. The van der Waals surface area contributed by atoms with Crippen LogP contribution in [0.25, 0.3) is 6.08 Å². The van der Waals surface area contributed by atoms with Crippen molar-refractivity contribution in [1.82, 2.24) is 4.90 Å². The highest BCUT2D eigenvalue weighted by atomic mass is 79.9. The van der Waals surface area contributed by atoms with Gasteiger partial charge in [-0.15, -0.1) is 0 Å². The fraction of sp³-hybridized carbons (Fsp3) is 0.500. The summed E-state index contributed by atoms with van der Waals surface area (Å²) in [7, 11) is 0. The van der Waals surface area contributed by atoms with E-state index in [-0.39, 0.29) is 5.41 Å². The first-order chi connectivity index (χ1) is 8.95. The summed E-state index contributed by atoms with van der Waals surface area (Å²) in [5, 5.41) is 0. The third-order valence-corrected chi connectivity index (χ3v) is 4.63. The third kappa shape index (κ3) is 2.98. The quantitative estimate of drug-likeness (QED) is 0.691. The van der Waals surface area contributed by atoms with Crippen molar-refractivity contribution in [2.45, 2.75) is 44.7 Å². The van der Waals surface area contributed by atoms with E-state index < -0.39 is 0 Å². The summed E-state index contributed by atoms with van der Waals surface area (Å²) in [4.78, 5) is 2.66. The van der Waals surface area contributed by atoms with Gasteiger partial charge in [0.2, 0.25) is 0 Å². The van der Waals surface area contributed by atoms with Gasteiger partial charge >= 0.3 is 0 Å². The van der Waals surface area contributed by atoms with Crippen molar-refractivity contribution in [3.8, 4) is 0 Å². The van der Waals surface area contributed by atoms with Gasteiger partial charge < -0.3 is 0 Å². The van der Waals surface area contributed by atoms with Gasteiger partial charge in [-0.3, -0.25) is 4.90 Å². The van der Waals surface area contributed by atoms with Crippen LogP contribution in [0, 0.1) is 0 Å². The number of halogens is 2. The van der Waals surface area contributed by atoms with Crippen molar-refractivity contribution < 1.29 is 0 Å². The van der Waals surface area contributed by atoms with Crippen molar-refractivity contribution in [3.63, 3.8) is 0 Å². The van der Waals surface area contributed by atoms with E-state index in [9.17, 15) is 0 Å². The van der Waals surface area contributed by atoms with Gasteiger partial charge in [-0.2, -0.15) is 0 Å². The predicted octanol–water partition coefficient (Wildman–Crippen LogP) is 5.03. The Morgan fingerprint density at radius 1 is 1.32 bits per heavy atom. The second-order valence-corrected chi connectivity index (χ2v) is 9.14. The fourth-order valence-corrected chi connectivity index (χ4v) is 3.67. The summed E-state index contributed by atoms with van der Waals surface area (Å²) >= 11 is 6.88. The lowest BCUT2D eigenvalue weighted by Gasteiger charge is -2.40. The summed E-state index contributed by atoms with van der Waals surface area (Å²) in [6.45, 7) is 7.06. The van der Waals surface area contributed by atoms with Gasteiger partial charge in [-0.1, -0.05) is 32.0 Å². The molecule has 1 aromatic carbocycles. The average molecular weight is 385 g/mol. The highest BCUT2D eigenvalue weighted by molar-refractivity contribution is 9.28. The second kappa shape index (κ2) is 5.01. The standard InChI is InChI=1S/C16H19Br2N/c1-16(2)10-19(13-5-6-13)9-12-4-3-11(7-14(12)16)8-15(17)18/h3-4,7-8,13H,5-6,9-10H2,1-2H3. The van der Waals surface area contributed by atoms with Crippen LogP contribution in [0.3, 0.4) is 0 Å².